The van der Waals surface area contributed by atoms with Crippen molar-refractivity contribution >= 4 is 17.6 Å². The first-order chi connectivity index (χ1) is 11.5. The van der Waals surface area contributed by atoms with Crippen molar-refractivity contribution in [2.24, 2.45) is 0 Å². The Hall–Kier alpha value is -2.82. The second-order valence-corrected chi connectivity index (χ2v) is 5.87. The van der Waals surface area contributed by atoms with Crippen LogP contribution >= 0.6 is 0 Å². The number of amides is 1. The highest BCUT2D eigenvalue weighted by Crippen LogP contribution is 2.29. The van der Waals surface area contributed by atoms with Gasteiger partial charge in [0.05, 0.1) is 12.2 Å². The number of rotatable bonds is 4. The lowest BCUT2D eigenvalue weighted by Crippen LogP contribution is -2.48. The zero-order chi connectivity index (χ0) is 17.2. The van der Waals surface area contributed by atoms with Crippen LogP contribution in [-0.2, 0) is 16.0 Å². The molecule has 0 saturated heterocycles. The molecule has 5 nitrogen and oxygen atoms in total. The number of carbonyl (C=O) groups is 2. The van der Waals surface area contributed by atoms with Crippen molar-refractivity contribution in [3.8, 4) is 5.75 Å². The third-order valence-corrected chi connectivity index (χ3v) is 3.99. The molecule has 1 N–H and O–H groups in total. The number of cyclic esters (lactones) is 1. The number of carbonyl (C=O) groups excluding carboxylic acids is 2. The Bertz CT molecular complexity index is 769. The Kier molecular flexibility index (Phi) is 4.25. The van der Waals surface area contributed by atoms with Crippen LogP contribution < -0.4 is 10.1 Å². The number of hydrogen-bond donors (Lipinski definition) is 1. The fourth-order valence-electron chi connectivity index (χ4n) is 2.72. The summed E-state index contributed by atoms with van der Waals surface area (Å²) in [6.45, 7) is 4.12. The van der Waals surface area contributed by atoms with Crippen molar-refractivity contribution in [1.29, 1.82) is 0 Å². The highest BCUT2D eigenvalue weighted by Gasteiger charge is 2.42. The summed E-state index contributed by atoms with van der Waals surface area (Å²) < 4.78 is 10.8. The van der Waals surface area contributed by atoms with Gasteiger partial charge in [-0.25, -0.2) is 4.79 Å². The van der Waals surface area contributed by atoms with Crippen LogP contribution in [-0.4, -0.2) is 24.1 Å². The number of benzene rings is 2. The van der Waals surface area contributed by atoms with Gasteiger partial charge in [0, 0.05) is 12.1 Å². The average Bonchev–Trinajstić information content (AvgIpc) is 2.57. The third kappa shape index (κ3) is 3.11. The van der Waals surface area contributed by atoms with Crippen LogP contribution in [0.15, 0.2) is 48.5 Å². The lowest BCUT2D eigenvalue weighted by Gasteiger charge is -2.33. The van der Waals surface area contributed by atoms with E-state index in [9.17, 15) is 9.59 Å². The van der Waals surface area contributed by atoms with E-state index in [4.69, 9.17) is 9.47 Å². The predicted molar refractivity (Wildman–Crippen MR) is 90.2 cm³/mol. The van der Waals surface area contributed by atoms with Crippen LogP contribution in [0, 0.1) is 0 Å². The van der Waals surface area contributed by atoms with E-state index in [1.54, 1.807) is 43.3 Å². The van der Waals surface area contributed by atoms with Crippen LogP contribution in [0.3, 0.4) is 0 Å². The standard InChI is InChI=1S/C19H19NO4/c1-3-23-15-10-8-14(9-11-15)20-18(22)19(2)12-13-6-4-5-7-16(13)17(21)24-19/h4-11H,3,12H2,1-2H3,(H,20,22)/t19-/m1/s1. The number of ether oxygens (including phenoxy) is 2. The van der Waals surface area contributed by atoms with E-state index in [0.29, 0.717) is 24.3 Å². The Morgan fingerprint density at radius 3 is 2.62 bits per heavy atom. The quantitative estimate of drug-likeness (QED) is 0.877. The summed E-state index contributed by atoms with van der Waals surface area (Å²) in [5.74, 6) is -0.0876. The van der Waals surface area contributed by atoms with Gasteiger partial charge in [-0.2, -0.15) is 0 Å². The van der Waals surface area contributed by atoms with E-state index in [-0.39, 0.29) is 5.91 Å². The molecule has 0 saturated carbocycles. The maximum atomic E-state index is 12.6. The van der Waals surface area contributed by atoms with Crippen LogP contribution in [0.5, 0.6) is 5.75 Å². The molecule has 0 fully saturated rings. The Balaban J connectivity index is 1.76. The van der Waals surface area contributed by atoms with Gasteiger partial charge in [-0.3, -0.25) is 4.79 Å². The first kappa shape index (κ1) is 16.1. The summed E-state index contributed by atoms with van der Waals surface area (Å²) in [6.07, 6.45) is 0.345. The molecule has 1 heterocycles. The predicted octanol–water partition coefficient (Wildman–Crippen LogP) is 3.20. The topological polar surface area (TPSA) is 64.6 Å². The monoisotopic (exact) mass is 325 g/mol. The van der Waals surface area contributed by atoms with Crippen molar-refractivity contribution in [3.63, 3.8) is 0 Å². The minimum Gasteiger partial charge on any atom is -0.494 e. The van der Waals surface area contributed by atoms with Crippen LogP contribution in [0.1, 0.15) is 29.8 Å². The summed E-state index contributed by atoms with van der Waals surface area (Å²) in [5, 5.41) is 2.80. The first-order valence-electron chi connectivity index (χ1n) is 7.87. The number of esters is 1. The van der Waals surface area contributed by atoms with Crippen LogP contribution in [0.4, 0.5) is 5.69 Å². The molecular formula is C19H19NO4. The maximum Gasteiger partial charge on any atom is 0.339 e. The molecule has 0 unspecified atom stereocenters. The highest BCUT2D eigenvalue weighted by molar-refractivity contribution is 6.02. The summed E-state index contributed by atoms with van der Waals surface area (Å²) in [4.78, 5) is 24.8. The maximum absolute atomic E-state index is 12.6. The smallest absolute Gasteiger partial charge is 0.339 e. The van der Waals surface area contributed by atoms with E-state index in [0.717, 1.165) is 11.3 Å². The van der Waals surface area contributed by atoms with Gasteiger partial charge in [-0.15, -0.1) is 0 Å². The summed E-state index contributed by atoms with van der Waals surface area (Å²) in [7, 11) is 0. The molecule has 1 aliphatic rings. The van der Waals surface area contributed by atoms with Gasteiger partial charge in [-0.05, 0) is 49.7 Å². The van der Waals surface area contributed by atoms with Gasteiger partial charge in [0.15, 0.2) is 5.60 Å². The molecule has 124 valence electrons. The normalized spacial score (nSPS) is 19.2. The second kappa shape index (κ2) is 6.35. The van der Waals surface area contributed by atoms with Crippen molar-refractivity contribution in [2.45, 2.75) is 25.9 Å². The van der Waals surface area contributed by atoms with E-state index in [1.807, 2.05) is 19.1 Å². The molecule has 0 spiro atoms. The Morgan fingerprint density at radius 2 is 1.92 bits per heavy atom. The average molecular weight is 325 g/mol. The van der Waals surface area contributed by atoms with Crippen molar-refractivity contribution in [3.05, 3.63) is 59.7 Å². The van der Waals surface area contributed by atoms with E-state index < -0.39 is 11.6 Å². The molecule has 2 aromatic carbocycles. The molecule has 3 rings (SSSR count). The van der Waals surface area contributed by atoms with E-state index in [1.165, 1.54) is 0 Å². The minimum atomic E-state index is -1.23. The van der Waals surface area contributed by atoms with Gasteiger partial charge >= 0.3 is 5.97 Å². The van der Waals surface area contributed by atoms with E-state index in [2.05, 4.69) is 5.32 Å². The second-order valence-electron chi connectivity index (χ2n) is 5.87. The molecule has 0 radical (unpaired) electrons. The largest absolute Gasteiger partial charge is 0.494 e. The van der Waals surface area contributed by atoms with Crippen molar-refractivity contribution in [2.75, 3.05) is 11.9 Å². The fraction of sp³-hybridized carbons (Fsp3) is 0.263. The minimum absolute atomic E-state index is 0.345. The lowest BCUT2D eigenvalue weighted by molar-refractivity contribution is -0.134. The molecule has 1 amide bonds. The molecule has 1 aliphatic heterocycles. The zero-order valence-corrected chi connectivity index (χ0v) is 13.7. The summed E-state index contributed by atoms with van der Waals surface area (Å²) in [5.41, 5.74) is 0.728. The molecule has 5 heteroatoms. The number of hydrogen-bond acceptors (Lipinski definition) is 4. The van der Waals surface area contributed by atoms with Crippen molar-refractivity contribution in [1.82, 2.24) is 0 Å². The lowest BCUT2D eigenvalue weighted by atomic mass is 9.89. The fourth-order valence-corrected chi connectivity index (χ4v) is 2.72. The van der Waals surface area contributed by atoms with Crippen LogP contribution in [0.25, 0.3) is 0 Å². The summed E-state index contributed by atoms with van der Waals surface area (Å²) >= 11 is 0. The molecule has 2 aromatic rings. The Morgan fingerprint density at radius 1 is 1.21 bits per heavy atom. The van der Waals surface area contributed by atoms with Gasteiger partial charge < -0.3 is 14.8 Å². The summed E-state index contributed by atoms with van der Waals surface area (Å²) in [6, 6.07) is 14.3. The molecule has 1 atom stereocenters. The molecule has 0 aliphatic carbocycles. The van der Waals surface area contributed by atoms with Gasteiger partial charge in [0.25, 0.3) is 5.91 Å². The van der Waals surface area contributed by atoms with Crippen molar-refractivity contribution < 1.29 is 19.1 Å². The molecule has 24 heavy (non-hydrogen) atoms. The molecule has 0 aromatic heterocycles. The molecular weight excluding hydrogens is 306 g/mol. The first-order valence-corrected chi connectivity index (χ1v) is 7.87. The van der Waals surface area contributed by atoms with E-state index >= 15 is 0 Å². The highest BCUT2D eigenvalue weighted by atomic mass is 16.6. The molecule has 0 bridgehead atoms. The zero-order valence-electron chi connectivity index (χ0n) is 13.7. The number of nitrogens with one attached hydrogen (secondary N) is 1. The Labute approximate surface area is 140 Å². The van der Waals surface area contributed by atoms with Gasteiger partial charge in [-0.1, -0.05) is 18.2 Å². The van der Waals surface area contributed by atoms with Gasteiger partial charge in [0.2, 0.25) is 0 Å². The third-order valence-electron chi connectivity index (χ3n) is 3.99. The SMILES string of the molecule is CCOc1ccc(NC(=O)[C@@]2(C)Cc3ccccc3C(=O)O2)cc1. The number of fused-ring (bicyclic) bond motifs is 1. The number of anilines is 1. The van der Waals surface area contributed by atoms with Gasteiger partial charge in [0.1, 0.15) is 5.75 Å². The van der Waals surface area contributed by atoms with Crippen LogP contribution in [0.2, 0.25) is 0 Å².